The Morgan fingerprint density at radius 3 is 2.43 bits per heavy atom. The molecule has 0 saturated heterocycles. The zero-order valence-electron chi connectivity index (χ0n) is 12.5. The van der Waals surface area contributed by atoms with Crippen molar-refractivity contribution >= 4 is 33.7 Å². The van der Waals surface area contributed by atoms with Crippen LogP contribution >= 0.6 is 15.9 Å². The fourth-order valence-electron chi connectivity index (χ4n) is 2.15. The number of carbonyl (C=O) groups excluding carboxylic acids is 2. The fourth-order valence-corrected chi connectivity index (χ4v) is 2.55. The van der Waals surface area contributed by atoms with E-state index < -0.39 is 0 Å². The Morgan fingerprint density at radius 1 is 1.04 bits per heavy atom. The Hall–Kier alpha value is -2.20. The molecule has 0 heterocycles. The lowest BCUT2D eigenvalue weighted by Gasteiger charge is -2.03. The first kappa shape index (κ1) is 15.7. The number of amides is 1. The van der Waals surface area contributed by atoms with Gasteiger partial charge in [-0.1, -0.05) is 46.3 Å². The molecule has 4 heteroatoms. The highest BCUT2D eigenvalue weighted by Crippen LogP contribution is 2.19. The van der Waals surface area contributed by atoms with E-state index in [1.807, 2.05) is 24.3 Å². The highest BCUT2D eigenvalue weighted by Gasteiger charge is 2.23. The van der Waals surface area contributed by atoms with Crippen molar-refractivity contribution in [3.8, 4) is 0 Å². The van der Waals surface area contributed by atoms with Gasteiger partial charge in [-0.15, -0.1) is 0 Å². The van der Waals surface area contributed by atoms with Crippen molar-refractivity contribution < 1.29 is 9.59 Å². The average molecular weight is 370 g/mol. The first-order valence-electron chi connectivity index (χ1n) is 7.51. The molecule has 1 aliphatic rings. The maximum atomic E-state index is 12.1. The van der Waals surface area contributed by atoms with E-state index in [-0.39, 0.29) is 11.7 Å². The molecule has 1 saturated carbocycles. The molecule has 0 atom stereocenters. The van der Waals surface area contributed by atoms with E-state index in [1.165, 1.54) is 0 Å². The van der Waals surface area contributed by atoms with Crippen molar-refractivity contribution in [3.05, 3.63) is 75.8 Å². The van der Waals surface area contributed by atoms with Crippen molar-refractivity contribution in [1.82, 2.24) is 5.32 Å². The standard InChI is InChI=1S/C19H16BrNO2/c20-16-3-1-2-15(12-16)18(22)11-6-13-4-7-14(8-5-13)19(23)21-17-9-10-17/h1-8,11-12,17H,9-10H2,(H,21,23)/b11-6+. The maximum absolute atomic E-state index is 12.1. The van der Waals surface area contributed by atoms with Gasteiger partial charge in [0.1, 0.15) is 0 Å². The smallest absolute Gasteiger partial charge is 0.251 e. The molecule has 0 spiro atoms. The van der Waals surface area contributed by atoms with Gasteiger partial charge in [-0.25, -0.2) is 0 Å². The van der Waals surface area contributed by atoms with Crippen LogP contribution in [0.15, 0.2) is 59.1 Å². The van der Waals surface area contributed by atoms with Crippen LogP contribution in [0.2, 0.25) is 0 Å². The van der Waals surface area contributed by atoms with Gasteiger partial charge in [0.2, 0.25) is 0 Å². The van der Waals surface area contributed by atoms with Gasteiger partial charge in [-0.2, -0.15) is 0 Å². The number of hydrogen-bond acceptors (Lipinski definition) is 2. The van der Waals surface area contributed by atoms with Gasteiger partial charge in [0.15, 0.2) is 5.78 Å². The lowest BCUT2D eigenvalue weighted by molar-refractivity contribution is 0.0950. The monoisotopic (exact) mass is 369 g/mol. The number of allylic oxidation sites excluding steroid dienone is 1. The van der Waals surface area contributed by atoms with E-state index in [0.717, 1.165) is 22.9 Å². The molecule has 0 radical (unpaired) electrons. The van der Waals surface area contributed by atoms with Crippen LogP contribution in [0.5, 0.6) is 0 Å². The molecule has 1 amide bonds. The van der Waals surface area contributed by atoms with Crippen LogP contribution in [0, 0.1) is 0 Å². The lowest BCUT2D eigenvalue weighted by atomic mass is 10.1. The molecule has 3 rings (SSSR count). The van der Waals surface area contributed by atoms with E-state index in [1.54, 1.807) is 36.4 Å². The summed E-state index contributed by atoms with van der Waals surface area (Å²) >= 11 is 3.36. The SMILES string of the molecule is O=C(/C=C/c1ccc(C(=O)NC2CC2)cc1)c1cccc(Br)c1. The minimum atomic E-state index is -0.0538. The summed E-state index contributed by atoms with van der Waals surface area (Å²) in [6, 6.07) is 14.9. The summed E-state index contributed by atoms with van der Waals surface area (Å²) in [5.41, 5.74) is 2.17. The molecule has 0 unspecified atom stereocenters. The van der Waals surface area contributed by atoms with Crippen LogP contribution in [0.1, 0.15) is 39.1 Å². The molecule has 1 N–H and O–H groups in total. The van der Waals surface area contributed by atoms with E-state index in [0.29, 0.717) is 17.2 Å². The predicted octanol–water partition coefficient (Wildman–Crippen LogP) is 4.24. The molecule has 3 nitrogen and oxygen atoms in total. The zero-order chi connectivity index (χ0) is 16.2. The summed E-state index contributed by atoms with van der Waals surface area (Å²) in [5, 5.41) is 2.95. The Balaban J connectivity index is 1.65. The van der Waals surface area contributed by atoms with Crippen molar-refractivity contribution in [2.45, 2.75) is 18.9 Å². The summed E-state index contributed by atoms with van der Waals surface area (Å²) in [6.45, 7) is 0. The number of benzene rings is 2. The first-order valence-corrected chi connectivity index (χ1v) is 8.30. The minimum Gasteiger partial charge on any atom is -0.349 e. The van der Waals surface area contributed by atoms with Crippen molar-refractivity contribution in [2.75, 3.05) is 0 Å². The van der Waals surface area contributed by atoms with E-state index in [2.05, 4.69) is 21.2 Å². The fraction of sp³-hybridized carbons (Fsp3) is 0.158. The number of ketones is 1. The van der Waals surface area contributed by atoms with Crippen molar-refractivity contribution in [2.24, 2.45) is 0 Å². The Bertz CT molecular complexity index is 761. The van der Waals surface area contributed by atoms with Gasteiger partial charge in [0, 0.05) is 21.6 Å². The number of hydrogen-bond donors (Lipinski definition) is 1. The summed E-state index contributed by atoms with van der Waals surface area (Å²) in [7, 11) is 0. The van der Waals surface area contributed by atoms with Crippen LogP contribution in [-0.4, -0.2) is 17.7 Å². The molecular weight excluding hydrogens is 354 g/mol. The first-order chi connectivity index (χ1) is 11.1. The Morgan fingerprint density at radius 2 is 1.78 bits per heavy atom. The molecule has 0 bridgehead atoms. The summed E-state index contributed by atoms with van der Waals surface area (Å²) in [6.07, 6.45) is 5.45. The highest BCUT2D eigenvalue weighted by molar-refractivity contribution is 9.10. The molecular formula is C19H16BrNO2. The summed E-state index contributed by atoms with van der Waals surface area (Å²) < 4.78 is 0.878. The van der Waals surface area contributed by atoms with Crippen molar-refractivity contribution in [3.63, 3.8) is 0 Å². The maximum Gasteiger partial charge on any atom is 0.251 e. The predicted molar refractivity (Wildman–Crippen MR) is 94.4 cm³/mol. The van der Waals surface area contributed by atoms with E-state index in [9.17, 15) is 9.59 Å². The zero-order valence-corrected chi connectivity index (χ0v) is 14.0. The van der Waals surface area contributed by atoms with Gasteiger partial charge < -0.3 is 5.32 Å². The normalized spacial score (nSPS) is 14.0. The van der Waals surface area contributed by atoms with E-state index >= 15 is 0 Å². The van der Waals surface area contributed by atoms with Gasteiger partial charge in [0.05, 0.1) is 0 Å². The molecule has 1 aliphatic carbocycles. The summed E-state index contributed by atoms with van der Waals surface area (Å²) in [4.78, 5) is 24.0. The third kappa shape index (κ3) is 4.39. The van der Waals surface area contributed by atoms with Gasteiger partial charge >= 0.3 is 0 Å². The third-order valence-electron chi connectivity index (χ3n) is 3.62. The van der Waals surface area contributed by atoms with Crippen LogP contribution in [0.3, 0.4) is 0 Å². The second-order valence-corrected chi connectivity index (χ2v) is 6.49. The Kier molecular flexibility index (Phi) is 4.72. The van der Waals surface area contributed by atoms with Crippen LogP contribution in [-0.2, 0) is 0 Å². The molecule has 0 aliphatic heterocycles. The van der Waals surface area contributed by atoms with Crippen LogP contribution in [0.25, 0.3) is 6.08 Å². The highest BCUT2D eigenvalue weighted by atomic mass is 79.9. The number of nitrogens with one attached hydrogen (secondary N) is 1. The van der Waals surface area contributed by atoms with Gasteiger partial charge in [-0.3, -0.25) is 9.59 Å². The second-order valence-electron chi connectivity index (χ2n) is 5.58. The lowest BCUT2D eigenvalue weighted by Crippen LogP contribution is -2.25. The molecule has 2 aromatic rings. The van der Waals surface area contributed by atoms with Gasteiger partial charge in [0.25, 0.3) is 5.91 Å². The largest absolute Gasteiger partial charge is 0.349 e. The number of carbonyl (C=O) groups is 2. The van der Waals surface area contributed by atoms with Crippen LogP contribution in [0.4, 0.5) is 0 Å². The van der Waals surface area contributed by atoms with E-state index in [4.69, 9.17) is 0 Å². The second kappa shape index (κ2) is 6.92. The molecule has 2 aromatic carbocycles. The third-order valence-corrected chi connectivity index (χ3v) is 4.11. The van der Waals surface area contributed by atoms with Crippen molar-refractivity contribution in [1.29, 1.82) is 0 Å². The number of halogens is 1. The Labute approximate surface area is 143 Å². The molecule has 23 heavy (non-hydrogen) atoms. The van der Waals surface area contributed by atoms with Crippen LogP contribution < -0.4 is 5.32 Å². The number of rotatable bonds is 5. The average Bonchev–Trinajstić information content (AvgIpc) is 3.37. The minimum absolute atomic E-state index is 0.0340. The molecule has 0 aromatic heterocycles. The van der Waals surface area contributed by atoms with Gasteiger partial charge in [-0.05, 0) is 48.7 Å². The topological polar surface area (TPSA) is 46.2 Å². The summed E-state index contributed by atoms with van der Waals surface area (Å²) in [5.74, 6) is -0.0879. The molecule has 116 valence electrons. The molecule has 1 fully saturated rings. The quantitative estimate of drug-likeness (QED) is 0.632.